The zero-order chi connectivity index (χ0) is 26.4. The van der Waals surface area contributed by atoms with E-state index in [1.165, 1.54) is 12.1 Å². The first-order valence-electron chi connectivity index (χ1n) is 11.9. The lowest BCUT2D eigenvalue weighted by Gasteiger charge is -2.33. The molecule has 1 fully saturated rings. The van der Waals surface area contributed by atoms with Crippen LogP contribution >= 0.6 is 0 Å². The zero-order valence-electron chi connectivity index (χ0n) is 20.0. The van der Waals surface area contributed by atoms with Gasteiger partial charge < -0.3 is 14.6 Å². The Labute approximate surface area is 211 Å². The van der Waals surface area contributed by atoms with E-state index in [1.807, 2.05) is 35.2 Å². The number of Topliss-reactive ketones (excluding diaryl/α,β-unsaturated/α-hetero) is 1. The normalized spacial score (nSPS) is 13.8. The highest BCUT2D eigenvalue weighted by Gasteiger charge is 2.38. The average Bonchev–Trinajstić information content (AvgIpc) is 3.45. The molecule has 1 N–H and O–H groups in total. The number of urea groups is 1. The highest BCUT2D eigenvalue weighted by atomic mass is 19.4. The first-order valence-corrected chi connectivity index (χ1v) is 11.9. The number of alkyl halides is 3. The Morgan fingerprint density at radius 2 is 1.57 bits per heavy atom. The predicted molar refractivity (Wildman–Crippen MR) is 131 cm³/mol. The van der Waals surface area contributed by atoms with Crippen molar-refractivity contribution in [3.8, 4) is 11.1 Å². The molecule has 0 saturated carbocycles. The van der Waals surface area contributed by atoms with Crippen molar-refractivity contribution in [1.29, 1.82) is 0 Å². The number of anilines is 1. The monoisotopic (exact) mass is 513 g/mol. The molecule has 194 valence electrons. The fraction of sp³-hybridized carbons (Fsp3) is 0.296. The van der Waals surface area contributed by atoms with Gasteiger partial charge in [0.1, 0.15) is 0 Å². The average molecular weight is 514 g/mol. The van der Waals surface area contributed by atoms with Crippen LogP contribution in [0.3, 0.4) is 0 Å². The molecule has 7 nitrogen and oxygen atoms in total. The summed E-state index contributed by atoms with van der Waals surface area (Å²) in [6.07, 6.45) is 1.16. The van der Waals surface area contributed by atoms with Crippen LogP contribution in [0.1, 0.15) is 35.2 Å². The Hall–Kier alpha value is -4.08. The number of rotatable bonds is 7. The number of nitrogens with zero attached hydrogens (tertiary/aromatic N) is 2. The molecule has 0 unspecified atom stereocenters. The van der Waals surface area contributed by atoms with Gasteiger partial charge in [0.15, 0.2) is 5.78 Å². The van der Waals surface area contributed by atoms with Gasteiger partial charge >= 0.3 is 18.1 Å². The van der Waals surface area contributed by atoms with Gasteiger partial charge in [-0.3, -0.25) is 14.5 Å². The summed E-state index contributed by atoms with van der Waals surface area (Å²) in [5.41, 5.74) is 3.47. The summed E-state index contributed by atoms with van der Waals surface area (Å²) in [4.78, 5) is 40.1. The lowest BCUT2D eigenvalue weighted by Crippen LogP contribution is -2.45. The van der Waals surface area contributed by atoms with E-state index in [2.05, 4.69) is 0 Å². The van der Waals surface area contributed by atoms with Crippen molar-refractivity contribution in [3.63, 3.8) is 0 Å². The fourth-order valence-corrected chi connectivity index (χ4v) is 4.13. The third-order valence-electron chi connectivity index (χ3n) is 6.17. The molecule has 3 aromatic rings. The first-order chi connectivity index (χ1) is 17.7. The third kappa shape index (κ3) is 6.58. The molecule has 1 aliphatic rings. The van der Waals surface area contributed by atoms with Crippen molar-refractivity contribution in [2.45, 2.75) is 32.0 Å². The highest BCUT2D eigenvalue weighted by Crippen LogP contribution is 2.26. The van der Waals surface area contributed by atoms with Crippen molar-refractivity contribution in [3.05, 3.63) is 78.3 Å². The Bertz CT molecular complexity index is 1220. The van der Waals surface area contributed by atoms with Gasteiger partial charge in [-0.15, -0.1) is 0 Å². The van der Waals surface area contributed by atoms with Crippen LogP contribution in [0.2, 0.25) is 0 Å². The van der Waals surface area contributed by atoms with Crippen LogP contribution in [0, 0.1) is 0 Å². The topological polar surface area (TPSA) is 82.9 Å². The molecule has 37 heavy (non-hydrogen) atoms. The second kappa shape index (κ2) is 11.3. The van der Waals surface area contributed by atoms with Gasteiger partial charge in [0, 0.05) is 29.9 Å². The van der Waals surface area contributed by atoms with Crippen molar-refractivity contribution in [2.75, 3.05) is 24.5 Å². The smallest absolute Gasteiger partial charge is 0.471 e. The number of piperidine rings is 1. The number of amides is 3. The van der Waals surface area contributed by atoms with E-state index >= 15 is 0 Å². The van der Waals surface area contributed by atoms with Crippen molar-refractivity contribution >= 4 is 23.4 Å². The quantitative estimate of drug-likeness (QED) is 0.428. The summed E-state index contributed by atoms with van der Waals surface area (Å²) in [6, 6.07) is 15.5. The van der Waals surface area contributed by atoms with E-state index in [9.17, 15) is 27.6 Å². The molecular weight excluding hydrogens is 487 g/mol. The van der Waals surface area contributed by atoms with Crippen molar-refractivity contribution < 1.29 is 32.0 Å². The molecule has 0 atom stereocenters. The van der Waals surface area contributed by atoms with Crippen molar-refractivity contribution in [2.24, 2.45) is 0 Å². The van der Waals surface area contributed by atoms with Crippen LogP contribution in [0.5, 0.6) is 0 Å². The molecule has 0 spiro atoms. The molecule has 0 radical (unpaired) electrons. The van der Waals surface area contributed by atoms with E-state index in [4.69, 9.17) is 4.42 Å². The molecule has 1 aromatic heterocycles. The Morgan fingerprint density at radius 3 is 2.16 bits per heavy atom. The predicted octanol–water partition coefficient (Wildman–Crippen LogP) is 5.42. The maximum absolute atomic E-state index is 13.5. The van der Waals surface area contributed by atoms with Gasteiger partial charge in [-0.2, -0.15) is 13.2 Å². The van der Waals surface area contributed by atoms with E-state index in [0.717, 1.165) is 36.0 Å². The molecule has 3 amide bonds. The molecule has 1 saturated heterocycles. The number of furan rings is 1. The number of carbonyl (C=O) groups is 3. The van der Waals surface area contributed by atoms with E-state index in [0.29, 0.717) is 18.8 Å². The van der Waals surface area contributed by atoms with Crippen LogP contribution in [-0.4, -0.2) is 48.4 Å². The second-order valence-electron chi connectivity index (χ2n) is 8.78. The zero-order valence-corrected chi connectivity index (χ0v) is 20.0. The van der Waals surface area contributed by atoms with Gasteiger partial charge in [0.05, 0.1) is 25.6 Å². The summed E-state index contributed by atoms with van der Waals surface area (Å²) in [5, 5.41) is 1.58. The SMILES string of the molecule is O=C(CNC(=O)C(F)(F)F)c1ccc(CN(C(=O)N2CCCCC2)c2ccc(-c3ccoc3)cc2)cc1. The van der Waals surface area contributed by atoms with E-state index < -0.39 is 24.4 Å². The summed E-state index contributed by atoms with van der Waals surface area (Å²) >= 11 is 0. The number of hydrogen-bond donors (Lipinski definition) is 1. The number of carbonyl (C=O) groups excluding carboxylic acids is 3. The highest BCUT2D eigenvalue weighted by molar-refractivity contribution is 6.00. The summed E-state index contributed by atoms with van der Waals surface area (Å²) in [7, 11) is 0. The molecule has 2 aromatic carbocycles. The maximum atomic E-state index is 13.5. The third-order valence-corrected chi connectivity index (χ3v) is 6.17. The van der Waals surface area contributed by atoms with Gasteiger partial charge in [-0.25, -0.2) is 4.79 Å². The molecule has 4 rings (SSSR count). The number of nitrogens with one attached hydrogen (secondary N) is 1. The number of hydrogen-bond acceptors (Lipinski definition) is 4. The lowest BCUT2D eigenvalue weighted by atomic mass is 10.1. The minimum Gasteiger partial charge on any atom is -0.472 e. The maximum Gasteiger partial charge on any atom is 0.471 e. The first kappa shape index (κ1) is 26.0. The largest absolute Gasteiger partial charge is 0.472 e. The molecule has 0 aliphatic carbocycles. The van der Waals surface area contributed by atoms with Crippen LogP contribution in [0.4, 0.5) is 23.7 Å². The minimum absolute atomic E-state index is 0.120. The second-order valence-corrected chi connectivity index (χ2v) is 8.78. The van der Waals surface area contributed by atoms with Gasteiger partial charge in [0.25, 0.3) is 0 Å². The molecule has 2 heterocycles. The van der Waals surface area contributed by atoms with E-state index in [-0.39, 0.29) is 18.1 Å². The Morgan fingerprint density at radius 1 is 0.892 bits per heavy atom. The summed E-state index contributed by atoms with van der Waals surface area (Å²) in [5.74, 6) is -2.82. The van der Waals surface area contributed by atoms with Gasteiger partial charge in [-0.05, 0) is 48.6 Å². The Balaban J connectivity index is 1.49. The lowest BCUT2D eigenvalue weighted by molar-refractivity contribution is -0.173. The van der Waals surface area contributed by atoms with Gasteiger partial charge in [0.2, 0.25) is 0 Å². The van der Waals surface area contributed by atoms with Crippen LogP contribution in [-0.2, 0) is 11.3 Å². The molecule has 10 heteroatoms. The van der Waals surface area contributed by atoms with Crippen LogP contribution in [0.25, 0.3) is 11.1 Å². The van der Waals surface area contributed by atoms with Crippen LogP contribution < -0.4 is 10.2 Å². The fourth-order valence-electron chi connectivity index (χ4n) is 4.13. The molecule has 0 bridgehead atoms. The van der Waals surface area contributed by atoms with E-state index in [1.54, 1.807) is 34.9 Å². The molecular formula is C27H26F3N3O4. The summed E-state index contributed by atoms with van der Waals surface area (Å²) in [6.45, 7) is 0.832. The Kier molecular flexibility index (Phi) is 7.95. The number of halogens is 3. The minimum atomic E-state index is -5.05. The standard InChI is InChI=1S/C27H26F3N3O4/c28-27(29,30)25(35)31-16-24(34)21-6-4-19(5-7-21)17-33(26(36)32-13-2-1-3-14-32)23-10-8-20(9-11-23)22-12-15-37-18-22/h4-12,15,18H,1-3,13-14,16-17H2,(H,31,35). The number of likely N-dealkylation sites (tertiary alicyclic amines) is 1. The number of benzene rings is 2. The number of ketones is 1. The van der Waals surface area contributed by atoms with Crippen LogP contribution in [0.15, 0.2) is 71.5 Å². The molecule has 1 aliphatic heterocycles. The summed E-state index contributed by atoms with van der Waals surface area (Å²) < 4.78 is 42.2. The van der Waals surface area contributed by atoms with Gasteiger partial charge in [-0.1, -0.05) is 36.4 Å². The van der Waals surface area contributed by atoms with Crippen molar-refractivity contribution in [1.82, 2.24) is 10.2 Å².